The average Bonchev–Trinajstić information content (AvgIpc) is 2.50. The van der Waals surface area contributed by atoms with Crippen LogP contribution in [0, 0.1) is 11.3 Å². The summed E-state index contributed by atoms with van der Waals surface area (Å²) in [7, 11) is 1.67. The fourth-order valence-corrected chi connectivity index (χ4v) is 2.41. The SMILES string of the molecule is CN(CCC#N)C(=O)N1CCc2ccc(C(=O)O)cc2C1. The summed E-state index contributed by atoms with van der Waals surface area (Å²) in [6.07, 6.45) is 1.02. The lowest BCUT2D eigenvalue weighted by Crippen LogP contribution is -2.44. The van der Waals surface area contributed by atoms with Crippen molar-refractivity contribution in [3.63, 3.8) is 0 Å². The number of carboxylic acid groups (broad SMARTS) is 1. The summed E-state index contributed by atoms with van der Waals surface area (Å²) in [5.74, 6) is -0.965. The van der Waals surface area contributed by atoms with Gasteiger partial charge in [-0.05, 0) is 29.7 Å². The number of aromatic carboxylic acids is 1. The second kappa shape index (κ2) is 6.27. The summed E-state index contributed by atoms with van der Waals surface area (Å²) in [6, 6.07) is 6.93. The molecule has 21 heavy (non-hydrogen) atoms. The van der Waals surface area contributed by atoms with Gasteiger partial charge in [-0.1, -0.05) is 6.07 Å². The molecule has 0 unspecified atom stereocenters. The molecule has 110 valence electrons. The first-order chi connectivity index (χ1) is 10.0. The quantitative estimate of drug-likeness (QED) is 0.917. The Labute approximate surface area is 123 Å². The highest BCUT2D eigenvalue weighted by atomic mass is 16.4. The number of carbonyl (C=O) groups excluding carboxylic acids is 1. The van der Waals surface area contributed by atoms with Gasteiger partial charge in [0.05, 0.1) is 18.1 Å². The molecule has 0 radical (unpaired) electrons. The topological polar surface area (TPSA) is 84.6 Å². The van der Waals surface area contributed by atoms with Crippen LogP contribution in [0.1, 0.15) is 27.9 Å². The van der Waals surface area contributed by atoms with E-state index in [2.05, 4.69) is 0 Å². The number of rotatable bonds is 3. The molecule has 1 aromatic carbocycles. The molecule has 2 rings (SSSR count). The van der Waals surface area contributed by atoms with Crippen molar-refractivity contribution in [3.05, 3.63) is 34.9 Å². The first-order valence-electron chi connectivity index (χ1n) is 6.75. The van der Waals surface area contributed by atoms with Gasteiger partial charge in [-0.3, -0.25) is 0 Å². The molecule has 6 heteroatoms. The van der Waals surface area contributed by atoms with Gasteiger partial charge in [-0.15, -0.1) is 0 Å². The van der Waals surface area contributed by atoms with Gasteiger partial charge in [-0.25, -0.2) is 9.59 Å². The zero-order chi connectivity index (χ0) is 15.4. The Kier molecular flexibility index (Phi) is 4.43. The third-order valence-corrected chi connectivity index (χ3v) is 3.62. The predicted octanol–water partition coefficient (Wildman–Crippen LogP) is 1.71. The van der Waals surface area contributed by atoms with E-state index in [1.807, 2.05) is 12.1 Å². The molecule has 0 saturated carbocycles. The molecule has 1 aromatic rings. The number of fused-ring (bicyclic) bond motifs is 1. The summed E-state index contributed by atoms with van der Waals surface area (Å²) < 4.78 is 0. The van der Waals surface area contributed by atoms with E-state index in [-0.39, 0.29) is 11.6 Å². The van der Waals surface area contributed by atoms with E-state index in [1.165, 1.54) is 4.90 Å². The molecule has 0 saturated heterocycles. The highest BCUT2D eigenvalue weighted by Crippen LogP contribution is 2.21. The van der Waals surface area contributed by atoms with Crippen LogP contribution in [0.5, 0.6) is 0 Å². The van der Waals surface area contributed by atoms with Crippen LogP contribution in [0.15, 0.2) is 18.2 Å². The number of nitrogens with zero attached hydrogens (tertiary/aromatic N) is 3. The highest BCUT2D eigenvalue weighted by Gasteiger charge is 2.23. The fourth-order valence-electron chi connectivity index (χ4n) is 2.41. The van der Waals surface area contributed by atoms with Gasteiger partial charge in [0.1, 0.15) is 0 Å². The van der Waals surface area contributed by atoms with Gasteiger partial charge in [0.2, 0.25) is 0 Å². The average molecular weight is 287 g/mol. The van der Waals surface area contributed by atoms with Crippen LogP contribution in [0.25, 0.3) is 0 Å². The van der Waals surface area contributed by atoms with Crippen LogP contribution >= 0.6 is 0 Å². The lowest BCUT2D eigenvalue weighted by atomic mass is 9.97. The lowest BCUT2D eigenvalue weighted by Gasteiger charge is -2.32. The lowest BCUT2D eigenvalue weighted by molar-refractivity contribution is 0.0696. The predicted molar refractivity (Wildman–Crippen MR) is 75.8 cm³/mol. The zero-order valence-corrected chi connectivity index (χ0v) is 11.9. The molecule has 0 atom stereocenters. The summed E-state index contributed by atoms with van der Waals surface area (Å²) >= 11 is 0. The summed E-state index contributed by atoms with van der Waals surface area (Å²) in [5.41, 5.74) is 2.20. The first kappa shape index (κ1) is 14.9. The van der Waals surface area contributed by atoms with E-state index in [9.17, 15) is 9.59 Å². The van der Waals surface area contributed by atoms with Gasteiger partial charge in [0.15, 0.2) is 0 Å². The monoisotopic (exact) mass is 287 g/mol. The van der Waals surface area contributed by atoms with Gasteiger partial charge < -0.3 is 14.9 Å². The third-order valence-electron chi connectivity index (χ3n) is 3.62. The van der Waals surface area contributed by atoms with Crippen LogP contribution < -0.4 is 0 Å². The van der Waals surface area contributed by atoms with Crippen molar-refractivity contribution in [2.45, 2.75) is 19.4 Å². The maximum Gasteiger partial charge on any atom is 0.335 e. The Morgan fingerprint density at radius 1 is 1.43 bits per heavy atom. The van der Waals surface area contributed by atoms with E-state index in [0.29, 0.717) is 32.5 Å². The Morgan fingerprint density at radius 3 is 2.86 bits per heavy atom. The normalized spacial score (nSPS) is 13.2. The smallest absolute Gasteiger partial charge is 0.335 e. The van der Waals surface area contributed by atoms with E-state index in [4.69, 9.17) is 10.4 Å². The summed E-state index contributed by atoms with van der Waals surface area (Å²) in [4.78, 5) is 26.5. The Hall–Kier alpha value is -2.55. The maximum absolute atomic E-state index is 12.3. The molecule has 1 heterocycles. The standard InChI is InChI=1S/C15H17N3O3/c1-17(7-2-6-16)15(21)18-8-5-11-3-4-12(14(19)20)9-13(11)10-18/h3-4,9H,2,5,7-8,10H2,1H3,(H,19,20). The summed E-state index contributed by atoms with van der Waals surface area (Å²) in [5, 5.41) is 17.6. The largest absolute Gasteiger partial charge is 0.478 e. The molecule has 0 spiro atoms. The number of hydrogen-bond acceptors (Lipinski definition) is 3. The molecule has 1 aliphatic heterocycles. The number of carboxylic acids is 1. The van der Waals surface area contributed by atoms with Crippen molar-refractivity contribution < 1.29 is 14.7 Å². The van der Waals surface area contributed by atoms with Gasteiger partial charge in [0.25, 0.3) is 0 Å². The molecular weight excluding hydrogens is 270 g/mol. The number of benzene rings is 1. The molecule has 0 bridgehead atoms. The number of urea groups is 1. The van der Waals surface area contributed by atoms with Crippen LogP contribution in [0.3, 0.4) is 0 Å². The van der Waals surface area contributed by atoms with E-state index >= 15 is 0 Å². The van der Waals surface area contributed by atoms with Crippen molar-refractivity contribution >= 4 is 12.0 Å². The molecule has 2 amide bonds. The molecule has 1 aliphatic rings. The van der Waals surface area contributed by atoms with Crippen LogP contribution in [0.2, 0.25) is 0 Å². The van der Waals surface area contributed by atoms with Crippen LogP contribution in [0.4, 0.5) is 4.79 Å². The molecule has 0 aromatic heterocycles. The number of nitriles is 1. The first-order valence-corrected chi connectivity index (χ1v) is 6.75. The number of amides is 2. The summed E-state index contributed by atoms with van der Waals surface area (Å²) in [6.45, 7) is 1.41. The van der Waals surface area contributed by atoms with Gasteiger partial charge in [0, 0.05) is 26.7 Å². The second-order valence-electron chi connectivity index (χ2n) is 5.07. The molecule has 6 nitrogen and oxygen atoms in total. The number of carbonyl (C=O) groups is 2. The van der Waals surface area contributed by atoms with Crippen LogP contribution in [-0.2, 0) is 13.0 Å². The van der Waals surface area contributed by atoms with Gasteiger partial charge >= 0.3 is 12.0 Å². The highest BCUT2D eigenvalue weighted by molar-refractivity contribution is 5.88. The van der Waals surface area contributed by atoms with Crippen molar-refractivity contribution in [2.75, 3.05) is 20.1 Å². The Morgan fingerprint density at radius 2 is 2.19 bits per heavy atom. The molecule has 1 N–H and O–H groups in total. The minimum Gasteiger partial charge on any atom is -0.478 e. The van der Waals surface area contributed by atoms with Crippen molar-refractivity contribution in [2.24, 2.45) is 0 Å². The second-order valence-corrected chi connectivity index (χ2v) is 5.07. The minimum atomic E-state index is -0.965. The van der Waals surface area contributed by atoms with E-state index < -0.39 is 5.97 Å². The number of hydrogen-bond donors (Lipinski definition) is 1. The molecule has 0 aliphatic carbocycles. The van der Waals surface area contributed by atoms with Gasteiger partial charge in [-0.2, -0.15) is 5.26 Å². The zero-order valence-electron chi connectivity index (χ0n) is 11.9. The maximum atomic E-state index is 12.3. The van der Waals surface area contributed by atoms with Crippen LogP contribution in [-0.4, -0.2) is 47.0 Å². The minimum absolute atomic E-state index is 0.128. The van der Waals surface area contributed by atoms with E-state index in [1.54, 1.807) is 24.1 Å². The molecule has 0 fully saturated rings. The fraction of sp³-hybridized carbons (Fsp3) is 0.400. The Bertz CT molecular complexity index is 607. The van der Waals surface area contributed by atoms with Crippen molar-refractivity contribution in [1.29, 1.82) is 5.26 Å². The molecular formula is C15H17N3O3. The Balaban J connectivity index is 2.11. The van der Waals surface area contributed by atoms with E-state index in [0.717, 1.165) is 11.1 Å². The third kappa shape index (κ3) is 3.31. The van der Waals surface area contributed by atoms with Crippen molar-refractivity contribution in [3.8, 4) is 6.07 Å². The van der Waals surface area contributed by atoms with Crippen molar-refractivity contribution in [1.82, 2.24) is 9.80 Å².